The minimum atomic E-state index is 0. The summed E-state index contributed by atoms with van der Waals surface area (Å²) in [5.41, 5.74) is 0. The second-order valence-corrected chi connectivity index (χ2v) is 8.60. The van der Waals surface area contributed by atoms with E-state index in [2.05, 4.69) is 20.8 Å². The normalized spacial score (nSPS) is 25.0. The van der Waals surface area contributed by atoms with E-state index in [1.54, 1.807) is 0 Å². The molecule has 0 aliphatic heterocycles. The molecular formula is C26H60O. The molecule has 170 valence electrons. The Hall–Kier alpha value is -0.0400. The molecule has 0 radical (unpaired) electrons. The Morgan fingerprint density at radius 1 is 0.407 bits per heavy atom. The van der Waals surface area contributed by atoms with Gasteiger partial charge >= 0.3 is 0 Å². The zero-order chi connectivity index (χ0) is 20.0. The molecule has 2 unspecified atom stereocenters. The van der Waals surface area contributed by atoms with Gasteiger partial charge in [0, 0.05) is 1.43 Å². The molecule has 3 aliphatic rings. The van der Waals surface area contributed by atoms with E-state index in [0.29, 0.717) is 0 Å². The van der Waals surface area contributed by atoms with Gasteiger partial charge in [-0.05, 0) is 24.2 Å². The molecule has 0 bridgehead atoms. The molecule has 0 heterocycles. The van der Waals surface area contributed by atoms with E-state index in [1.165, 1.54) is 103 Å². The van der Waals surface area contributed by atoms with Gasteiger partial charge in [0.1, 0.15) is 0 Å². The van der Waals surface area contributed by atoms with Crippen LogP contribution in [0.1, 0.15) is 153 Å². The van der Waals surface area contributed by atoms with Crippen LogP contribution in [0.5, 0.6) is 0 Å². The van der Waals surface area contributed by atoms with Gasteiger partial charge in [0.15, 0.2) is 0 Å². The first kappa shape index (κ1) is 31.6. The van der Waals surface area contributed by atoms with Crippen LogP contribution in [0.15, 0.2) is 0 Å². The van der Waals surface area contributed by atoms with Crippen molar-refractivity contribution in [2.75, 3.05) is 0 Å². The molecule has 0 aromatic carbocycles. The van der Waals surface area contributed by atoms with Gasteiger partial charge in [-0.25, -0.2) is 0 Å². The Kier molecular flexibility index (Phi) is 30.4. The summed E-state index contributed by atoms with van der Waals surface area (Å²) in [5, 5.41) is 0. The summed E-state index contributed by atoms with van der Waals surface area (Å²) in [6, 6.07) is 0. The third-order valence-electron chi connectivity index (χ3n) is 5.84. The zero-order valence-corrected chi connectivity index (χ0v) is 20.5. The van der Waals surface area contributed by atoms with Gasteiger partial charge in [-0.3, -0.25) is 0 Å². The molecule has 0 saturated heterocycles. The fourth-order valence-corrected chi connectivity index (χ4v) is 4.28. The van der Waals surface area contributed by atoms with Gasteiger partial charge in [-0.15, -0.1) is 0 Å². The van der Waals surface area contributed by atoms with Crippen LogP contribution in [0.25, 0.3) is 0 Å². The van der Waals surface area contributed by atoms with Crippen molar-refractivity contribution < 1.29 is 6.90 Å². The standard InChI is InChI=1S/2C8H16.C6H12.2C2H6.H2O.H2/c1-7-4-3-5-8(2)6-7;1-8-6-4-2-3-5-7-8;1-2-4-6-5-3-1;2*1-2;;/h7-8H,3-6H2,1-2H3;8H,2-7H2,1H3;1-6H2;2*1-2H3;1H2;1H. The van der Waals surface area contributed by atoms with Crippen molar-refractivity contribution in [1.82, 2.24) is 0 Å². The SMILES string of the molecule is C1CCCCC1.CC.CC.CC1CCCC(C)C1.CC1CCCCCC1.O.[HH]. The van der Waals surface area contributed by atoms with Crippen LogP contribution in [0.3, 0.4) is 0 Å². The first-order valence-electron chi connectivity index (χ1n) is 12.7. The third-order valence-corrected chi connectivity index (χ3v) is 5.84. The van der Waals surface area contributed by atoms with Gasteiger partial charge in [-0.2, -0.15) is 0 Å². The highest BCUT2D eigenvalue weighted by molar-refractivity contribution is 4.66. The Labute approximate surface area is 176 Å². The molecule has 27 heavy (non-hydrogen) atoms. The lowest BCUT2D eigenvalue weighted by Crippen LogP contribution is -2.09. The van der Waals surface area contributed by atoms with Gasteiger partial charge in [-0.1, -0.05) is 145 Å². The molecule has 3 fully saturated rings. The molecule has 0 amide bonds. The maximum atomic E-state index is 2.38. The Morgan fingerprint density at radius 3 is 0.926 bits per heavy atom. The molecule has 1 heteroatoms. The number of rotatable bonds is 0. The average molecular weight is 389 g/mol. The van der Waals surface area contributed by atoms with Crippen molar-refractivity contribution in [3.05, 3.63) is 0 Å². The van der Waals surface area contributed by atoms with Crippen LogP contribution in [0, 0.1) is 17.8 Å². The molecule has 0 aromatic heterocycles. The van der Waals surface area contributed by atoms with E-state index in [4.69, 9.17) is 0 Å². The predicted octanol–water partition coefficient (Wildman–Crippen LogP) is 9.62. The molecule has 2 atom stereocenters. The van der Waals surface area contributed by atoms with Gasteiger partial charge < -0.3 is 5.48 Å². The quantitative estimate of drug-likeness (QED) is 0.370. The van der Waals surface area contributed by atoms with Crippen LogP contribution >= 0.6 is 0 Å². The van der Waals surface area contributed by atoms with E-state index >= 15 is 0 Å². The maximum Gasteiger partial charge on any atom is 0 e. The highest BCUT2D eigenvalue weighted by atomic mass is 16.0. The molecule has 0 spiro atoms. The lowest BCUT2D eigenvalue weighted by molar-refractivity contribution is 0.301. The highest BCUT2D eigenvalue weighted by Gasteiger charge is 2.13. The second kappa shape index (κ2) is 26.0. The Bertz CT molecular complexity index is 213. The minimum absolute atomic E-state index is 0. The van der Waals surface area contributed by atoms with E-state index < -0.39 is 0 Å². The summed E-state index contributed by atoms with van der Waals surface area (Å²) in [4.78, 5) is 0. The molecule has 2 N–H and O–H groups in total. The molecule has 3 saturated carbocycles. The smallest absolute Gasteiger partial charge is 0 e. The van der Waals surface area contributed by atoms with E-state index in [-0.39, 0.29) is 6.90 Å². The Balaban J connectivity index is -0.000000138. The predicted molar refractivity (Wildman–Crippen MR) is 130 cm³/mol. The van der Waals surface area contributed by atoms with E-state index in [0.717, 1.165) is 17.8 Å². The first-order chi connectivity index (χ1) is 12.7. The molecule has 0 aromatic rings. The van der Waals surface area contributed by atoms with Crippen molar-refractivity contribution in [1.29, 1.82) is 0 Å². The summed E-state index contributed by atoms with van der Waals surface area (Å²) < 4.78 is 0. The highest BCUT2D eigenvalue weighted by Crippen LogP contribution is 2.27. The Morgan fingerprint density at radius 2 is 0.667 bits per heavy atom. The van der Waals surface area contributed by atoms with E-state index in [1.807, 2.05) is 27.7 Å². The van der Waals surface area contributed by atoms with Crippen LogP contribution in [-0.4, -0.2) is 5.48 Å². The fourth-order valence-electron chi connectivity index (χ4n) is 4.28. The van der Waals surface area contributed by atoms with Crippen molar-refractivity contribution >= 4 is 0 Å². The summed E-state index contributed by atoms with van der Waals surface area (Å²) in [6.45, 7) is 15.1. The van der Waals surface area contributed by atoms with E-state index in [9.17, 15) is 0 Å². The fraction of sp³-hybridized carbons (Fsp3) is 1.00. The van der Waals surface area contributed by atoms with Crippen molar-refractivity contribution in [2.45, 2.75) is 151 Å². The summed E-state index contributed by atoms with van der Waals surface area (Å²) in [6.07, 6.45) is 23.8. The van der Waals surface area contributed by atoms with Crippen LogP contribution in [0.2, 0.25) is 0 Å². The number of hydrogen-bond donors (Lipinski definition) is 0. The lowest BCUT2D eigenvalue weighted by Gasteiger charge is -2.22. The van der Waals surface area contributed by atoms with Crippen LogP contribution in [-0.2, 0) is 0 Å². The number of hydrogen-bond acceptors (Lipinski definition) is 0. The van der Waals surface area contributed by atoms with Crippen molar-refractivity contribution in [2.24, 2.45) is 17.8 Å². The monoisotopic (exact) mass is 388 g/mol. The molecule has 3 rings (SSSR count). The summed E-state index contributed by atoms with van der Waals surface area (Å²) in [5.74, 6) is 3.05. The topological polar surface area (TPSA) is 31.5 Å². The molecule has 1 nitrogen and oxygen atoms in total. The zero-order valence-electron chi connectivity index (χ0n) is 20.5. The van der Waals surface area contributed by atoms with Gasteiger partial charge in [0.25, 0.3) is 0 Å². The molecule has 3 aliphatic carbocycles. The third kappa shape index (κ3) is 23.9. The van der Waals surface area contributed by atoms with Crippen LogP contribution < -0.4 is 0 Å². The van der Waals surface area contributed by atoms with Gasteiger partial charge in [0.05, 0.1) is 0 Å². The van der Waals surface area contributed by atoms with Crippen molar-refractivity contribution in [3.63, 3.8) is 0 Å². The molecular weight excluding hydrogens is 328 g/mol. The van der Waals surface area contributed by atoms with Crippen molar-refractivity contribution in [3.8, 4) is 0 Å². The summed E-state index contributed by atoms with van der Waals surface area (Å²) >= 11 is 0. The first-order valence-corrected chi connectivity index (χ1v) is 12.7. The minimum Gasteiger partial charge on any atom is -0.412 e. The maximum absolute atomic E-state index is 2.38. The van der Waals surface area contributed by atoms with Crippen LogP contribution in [0.4, 0.5) is 0 Å². The average Bonchev–Trinajstić information content (AvgIpc) is 2.95. The largest absolute Gasteiger partial charge is 0.412 e. The lowest BCUT2D eigenvalue weighted by atomic mass is 9.84. The second-order valence-electron chi connectivity index (χ2n) is 8.60. The van der Waals surface area contributed by atoms with Gasteiger partial charge in [0.2, 0.25) is 0 Å². The summed E-state index contributed by atoms with van der Waals surface area (Å²) in [7, 11) is 0.